The monoisotopic (exact) mass is 258 g/mol. The van der Waals surface area contributed by atoms with Crippen molar-refractivity contribution in [3.8, 4) is 0 Å². The van der Waals surface area contributed by atoms with Gasteiger partial charge >= 0.3 is 0 Å². The molecule has 2 aromatic heterocycles. The second-order valence-corrected chi connectivity index (χ2v) is 4.23. The summed E-state index contributed by atoms with van der Waals surface area (Å²) in [6.07, 6.45) is 1.22. The summed E-state index contributed by atoms with van der Waals surface area (Å²) in [6, 6.07) is 1.64. The maximum Gasteiger partial charge on any atom is 0.139 e. The van der Waals surface area contributed by atoms with Crippen molar-refractivity contribution in [1.29, 1.82) is 0 Å². The van der Waals surface area contributed by atoms with Crippen LogP contribution in [-0.4, -0.2) is 32.0 Å². The Hall–Kier alpha value is -0.750. The third-order valence-corrected chi connectivity index (χ3v) is 3.11. The van der Waals surface area contributed by atoms with Crippen LogP contribution < -0.4 is 0 Å². The van der Waals surface area contributed by atoms with Crippen LogP contribution in [0.2, 0.25) is 5.02 Å². The number of pyridine rings is 1. The first kappa shape index (κ1) is 11.7. The van der Waals surface area contributed by atoms with Crippen LogP contribution in [0, 0.1) is 0 Å². The van der Waals surface area contributed by atoms with Gasteiger partial charge in [0.1, 0.15) is 11.8 Å². The number of halogens is 1. The number of nitrogens with one attached hydrogen (secondary N) is 1. The number of fused-ring (bicyclic) bond motifs is 1. The Morgan fingerprint density at radius 3 is 2.94 bits per heavy atom. The zero-order chi connectivity index (χ0) is 11.7. The zero-order valence-corrected chi connectivity index (χ0v) is 9.91. The van der Waals surface area contributed by atoms with Crippen LogP contribution in [0.3, 0.4) is 0 Å². The van der Waals surface area contributed by atoms with Crippen LogP contribution in [0.1, 0.15) is 11.7 Å². The van der Waals surface area contributed by atoms with Crippen molar-refractivity contribution in [3.05, 3.63) is 29.0 Å². The quantitative estimate of drug-likeness (QED) is 0.632. The van der Waals surface area contributed by atoms with Crippen LogP contribution >= 0.6 is 24.2 Å². The number of H-pyrrole nitrogens is 1. The zero-order valence-electron chi connectivity index (χ0n) is 8.26. The van der Waals surface area contributed by atoms with E-state index in [1.54, 1.807) is 18.5 Å². The predicted molar refractivity (Wildman–Crippen MR) is 65.9 cm³/mol. The molecule has 6 heteroatoms. The Morgan fingerprint density at radius 1 is 1.50 bits per heavy atom. The van der Waals surface area contributed by atoms with E-state index in [4.69, 9.17) is 11.6 Å². The van der Waals surface area contributed by atoms with Gasteiger partial charge in [0.25, 0.3) is 0 Å². The third kappa shape index (κ3) is 1.91. The van der Waals surface area contributed by atoms with Gasteiger partial charge in [0.2, 0.25) is 0 Å². The number of hydrogen-bond acceptors (Lipinski definition) is 4. The minimum Gasteiger partial charge on any atom is -0.389 e. The summed E-state index contributed by atoms with van der Waals surface area (Å²) in [4.78, 5) is 6.98. The fraction of sp³-hybridized carbons (Fsp3) is 0.300. The second kappa shape index (κ2) is 4.63. The van der Waals surface area contributed by atoms with Gasteiger partial charge in [-0.2, -0.15) is 12.6 Å². The first-order chi connectivity index (χ1) is 7.65. The molecule has 2 rings (SSSR count). The van der Waals surface area contributed by atoms with Gasteiger partial charge in [-0.15, -0.1) is 0 Å². The van der Waals surface area contributed by atoms with Crippen molar-refractivity contribution in [2.24, 2.45) is 0 Å². The fourth-order valence-corrected chi connectivity index (χ4v) is 2.04. The SMILES string of the molecule is OC(CS)C(O)c1c[nH]c2nccc(Cl)c12. The summed E-state index contributed by atoms with van der Waals surface area (Å²) < 4.78 is 0. The Morgan fingerprint density at radius 2 is 2.25 bits per heavy atom. The Balaban J connectivity index is 2.53. The molecule has 0 saturated heterocycles. The van der Waals surface area contributed by atoms with Crippen LogP contribution in [0.5, 0.6) is 0 Å². The van der Waals surface area contributed by atoms with Crippen LogP contribution in [-0.2, 0) is 0 Å². The van der Waals surface area contributed by atoms with Gasteiger partial charge in [0, 0.05) is 29.1 Å². The fourth-order valence-electron chi connectivity index (χ4n) is 1.58. The summed E-state index contributed by atoms with van der Waals surface area (Å²) in [6.45, 7) is 0. The van der Waals surface area contributed by atoms with Crippen molar-refractivity contribution < 1.29 is 10.2 Å². The minimum atomic E-state index is -1.02. The maximum absolute atomic E-state index is 9.90. The van der Waals surface area contributed by atoms with E-state index in [2.05, 4.69) is 22.6 Å². The van der Waals surface area contributed by atoms with Gasteiger partial charge in [0.15, 0.2) is 0 Å². The molecule has 0 aliphatic carbocycles. The van der Waals surface area contributed by atoms with Crippen LogP contribution in [0.15, 0.2) is 18.5 Å². The molecule has 4 nitrogen and oxygen atoms in total. The lowest BCUT2D eigenvalue weighted by atomic mass is 10.1. The minimum absolute atomic E-state index is 0.172. The van der Waals surface area contributed by atoms with Gasteiger partial charge in [-0.1, -0.05) is 11.6 Å². The average Bonchev–Trinajstić information content (AvgIpc) is 2.72. The standard InChI is InChI=1S/C10H11ClN2O2S/c11-6-1-2-12-10-8(6)5(3-13-10)9(15)7(14)4-16/h1-3,7,9,14-16H,4H2,(H,12,13). The first-order valence-electron chi connectivity index (χ1n) is 4.73. The van der Waals surface area contributed by atoms with Gasteiger partial charge in [-0.25, -0.2) is 4.98 Å². The second-order valence-electron chi connectivity index (χ2n) is 3.46. The summed E-state index contributed by atoms with van der Waals surface area (Å²) in [5.41, 5.74) is 1.13. The highest BCUT2D eigenvalue weighted by molar-refractivity contribution is 7.80. The van der Waals surface area contributed by atoms with Crippen molar-refractivity contribution in [2.45, 2.75) is 12.2 Å². The maximum atomic E-state index is 9.90. The lowest BCUT2D eigenvalue weighted by Crippen LogP contribution is -2.19. The van der Waals surface area contributed by atoms with Gasteiger partial charge in [-0.05, 0) is 6.07 Å². The normalized spacial score (nSPS) is 15.2. The van der Waals surface area contributed by atoms with E-state index in [9.17, 15) is 10.2 Å². The van der Waals surface area contributed by atoms with Gasteiger partial charge in [-0.3, -0.25) is 0 Å². The third-order valence-electron chi connectivity index (χ3n) is 2.42. The highest BCUT2D eigenvalue weighted by Gasteiger charge is 2.21. The molecule has 0 bridgehead atoms. The highest BCUT2D eigenvalue weighted by atomic mass is 35.5. The Bertz CT molecular complexity index is 503. The summed E-state index contributed by atoms with van der Waals surface area (Å²) >= 11 is 9.96. The van der Waals surface area contributed by atoms with E-state index in [0.717, 1.165) is 0 Å². The van der Waals surface area contributed by atoms with E-state index in [1.807, 2.05) is 0 Å². The van der Waals surface area contributed by atoms with Crippen molar-refractivity contribution >= 4 is 35.3 Å². The molecular formula is C10H11ClN2O2S. The number of hydrogen-bond donors (Lipinski definition) is 4. The average molecular weight is 259 g/mol. The molecule has 2 atom stereocenters. The predicted octanol–water partition coefficient (Wildman–Crippen LogP) is 1.54. The summed E-state index contributed by atoms with van der Waals surface area (Å²) in [5.74, 6) is 0.172. The molecule has 0 aliphatic rings. The molecule has 86 valence electrons. The molecule has 0 radical (unpaired) electrons. The van der Waals surface area contributed by atoms with Crippen molar-refractivity contribution in [2.75, 3.05) is 5.75 Å². The topological polar surface area (TPSA) is 69.1 Å². The molecule has 3 N–H and O–H groups in total. The smallest absolute Gasteiger partial charge is 0.139 e. The Labute approximate surface area is 103 Å². The largest absolute Gasteiger partial charge is 0.389 e. The lowest BCUT2D eigenvalue weighted by molar-refractivity contribution is 0.0347. The summed E-state index contributed by atoms with van der Waals surface area (Å²) in [7, 11) is 0. The molecule has 0 aliphatic heterocycles. The van der Waals surface area contributed by atoms with E-state index in [-0.39, 0.29) is 5.75 Å². The van der Waals surface area contributed by atoms with Gasteiger partial charge in [0.05, 0.1) is 11.1 Å². The number of aromatic nitrogens is 2. The van der Waals surface area contributed by atoms with Crippen LogP contribution in [0.25, 0.3) is 11.0 Å². The number of aliphatic hydroxyl groups excluding tert-OH is 2. The van der Waals surface area contributed by atoms with Crippen LogP contribution in [0.4, 0.5) is 0 Å². The van der Waals surface area contributed by atoms with E-state index in [1.165, 1.54) is 0 Å². The molecule has 0 aromatic carbocycles. The number of nitrogens with zero attached hydrogens (tertiary/aromatic N) is 1. The molecule has 0 spiro atoms. The van der Waals surface area contributed by atoms with Crippen molar-refractivity contribution in [1.82, 2.24) is 9.97 Å². The summed E-state index contributed by atoms with van der Waals surface area (Å²) in [5, 5.41) is 20.6. The molecule has 16 heavy (non-hydrogen) atoms. The number of rotatable bonds is 3. The number of aliphatic hydroxyl groups is 2. The van der Waals surface area contributed by atoms with E-state index >= 15 is 0 Å². The molecule has 0 saturated carbocycles. The van der Waals surface area contributed by atoms with E-state index in [0.29, 0.717) is 21.6 Å². The molecular weight excluding hydrogens is 248 g/mol. The molecule has 0 fully saturated rings. The molecule has 2 unspecified atom stereocenters. The van der Waals surface area contributed by atoms with E-state index < -0.39 is 12.2 Å². The molecule has 2 aromatic rings. The number of thiol groups is 1. The Kier molecular flexibility index (Phi) is 3.39. The lowest BCUT2D eigenvalue weighted by Gasteiger charge is -2.15. The first-order valence-corrected chi connectivity index (χ1v) is 5.74. The highest BCUT2D eigenvalue weighted by Crippen LogP contribution is 2.30. The molecule has 0 amide bonds. The van der Waals surface area contributed by atoms with Gasteiger partial charge < -0.3 is 15.2 Å². The number of aromatic amines is 1. The van der Waals surface area contributed by atoms with Crippen molar-refractivity contribution in [3.63, 3.8) is 0 Å². The molecule has 2 heterocycles.